The van der Waals surface area contributed by atoms with Crippen LogP contribution in [-0.2, 0) is 9.53 Å². The van der Waals surface area contributed by atoms with E-state index in [4.69, 9.17) is 14.7 Å². The third-order valence-electron chi connectivity index (χ3n) is 5.68. The number of hydrazine groups is 1. The van der Waals surface area contributed by atoms with Crippen LogP contribution >= 0.6 is 0 Å². The van der Waals surface area contributed by atoms with E-state index in [9.17, 15) is 13.6 Å². The van der Waals surface area contributed by atoms with Gasteiger partial charge >= 0.3 is 5.97 Å². The van der Waals surface area contributed by atoms with Crippen LogP contribution in [-0.4, -0.2) is 50.6 Å². The molecule has 1 unspecified atom stereocenters. The Kier molecular flexibility index (Phi) is 5.81. The van der Waals surface area contributed by atoms with Crippen molar-refractivity contribution in [2.45, 2.75) is 18.9 Å². The lowest BCUT2D eigenvalue weighted by Gasteiger charge is -2.23. The van der Waals surface area contributed by atoms with Gasteiger partial charge in [0.15, 0.2) is 17.0 Å². The molecule has 8 nitrogen and oxygen atoms in total. The molecule has 0 radical (unpaired) electrons. The fourth-order valence-electron chi connectivity index (χ4n) is 4.00. The molecule has 1 saturated heterocycles. The fourth-order valence-corrected chi connectivity index (χ4v) is 4.00. The van der Waals surface area contributed by atoms with Crippen LogP contribution in [0, 0.1) is 11.6 Å². The number of ether oxygens (including phenoxy) is 1. The largest absolute Gasteiger partial charge is 0.468 e. The predicted molar refractivity (Wildman–Crippen MR) is 121 cm³/mol. The maximum Gasteiger partial charge on any atom is 0.324 e. The second-order valence-corrected chi connectivity index (χ2v) is 7.82. The van der Waals surface area contributed by atoms with E-state index in [1.54, 1.807) is 29.3 Å². The maximum absolute atomic E-state index is 13.6. The number of hydrogen-bond acceptors (Lipinski definition) is 8. The van der Waals surface area contributed by atoms with Gasteiger partial charge in [0.05, 0.1) is 18.5 Å². The van der Waals surface area contributed by atoms with Crippen molar-refractivity contribution in [1.82, 2.24) is 24.9 Å². The Morgan fingerprint density at radius 1 is 0.971 bits per heavy atom. The molecule has 3 heterocycles. The van der Waals surface area contributed by atoms with E-state index in [1.165, 1.54) is 37.7 Å². The van der Waals surface area contributed by atoms with Gasteiger partial charge in [0, 0.05) is 17.7 Å². The summed E-state index contributed by atoms with van der Waals surface area (Å²) in [4.78, 5) is 30.2. The van der Waals surface area contributed by atoms with Crippen LogP contribution in [0.1, 0.15) is 12.8 Å². The molecule has 4 aromatic rings. The van der Waals surface area contributed by atoms with Crippen molar-refractivity contribution in [3.63, 3.8) is 0 Å². The molecule has 0 amide bonds. The van der Waals surface area contributed by atoms with Crippen LogP contribution in [0.15, 0.2) is 54.9 Å². The molecule has 172 valence electrons. The third kappa shape index (κ3) is 4.15. The molecular weight excluding hydrogens is 442 g/mol. The van der Waals surface area contributed by atoms with Gasteiger partial charge in [-0.2, -0.15) is 0 Å². The highest BCUT2D eigenvalue weighted by molar-refractivity contribution is 5.89. The molecule has 0 spiro atoms. The number of methoxy groups -OCH3 is 1. The number of nitrogens with one attached hydrogen (secondary N) is 1. The molecule has 2 aromatic carbocycles. The minimum Gasteiger partial charge on any atom is -0.468 e. The SMILES string of the molecule is COC(=O)C1CCCN1Nc1ncnc2nc(-c3ccc(F)cc3)c(-c3ccc(F)cc3)nc12. The number of nitrogens with zero attached hydrogens (tertiary/aromatic N) is 5. The van der Waals surface area contributed by atoms with Gasteiger partial charge in [-0.15, -0.1) is 0 Å². The highest BCUT2D eigenvalue weighted by Gasteiger charge is 2.32. The number of carbonyl (C=O) groups is 1. The van der Waals surface area contributed by atoms with Crippen LogP contribution < -0.4 is 5.43 Å². The number of halogens is 2. The first-order valence-corrected chi connectivity index (χ1v) is 10.7. The van der Waals surface area contributed by atoms with Gasteiger partial charge in [-0.05, 0) is 61.4 Å². The van der Waals surface area contributed by atoms with Crippen molar-refractivity contribution in [3.05, 3.63) is 66.5 Å². The zero-order chi connectivity index (χ0) is 23.7. The number of anilines is 1. The van der Waals surface area contributed by atoms with Gasteiger partial charge in [-0.3, -0.25) is 4.79 Å². The Labute approximate surface area is 193 Å². The van der Waals surface area contributed by atoms with Crippen molar-refractivity contribution in [1.29, 1.82) is 0 Å². The normalized spacial score (nSPS) is 16.0. The molecule has 2 aromatic heterocycles. The molecule has 5 rings (SSSR count). The topological polar surface area (TPSA) is 93.1 Å². The number of benzene rings is 2. The molecule has 1 atom stereocenters. The molecule has 1 fully saturated rings. The number of fused-ring (bicyclic) bond motifs is 1. The number of esters is 1. The summed E-state index contributed by atoms with van der Waals surface area (Å²) in [5.41, 5.74) is 6.05. The standard InChI is InChI=1S/C24H20F2N6O2/c1-34-24(33)18-3-2-12-32(18)31-23-21-22(27-13-28-23)30-20(15-6-10-17(26)11-7-15)19(29-21)14-4-8-16(25)9-5-14/h4-11,13,18H,2-3,12H2,1H3,(H,27,28,30,31). The lowest BCUT2D eigenvalue weighted by atomic mass is 10.0. The first-order valence-electron chi connectivity index (χ1n) is 10.7. The fraction of sp³-hybridized carbons (Fsp3) is 0.208. The Balaban J connectivity index is 1.64. The first-order chi connectivity index (χ1) is 16.5. The van der Waals surface area contributed by atoms with E-state index in [0.29, 0.717) is 52.5 Å². The summed E-state index contributed by atoms with van der Waals surface area (Å²) >= 11 is 0. The van der Waals surface area contributed by atoms with Crippen molar-refractivity contribution in [2.24, 2.45) is 0 Å². The first kappa shape index (κ1) is 21.8. The monoisotopic (exact) mass is 462 g/mol. The van der Waals surface area contributed by atoms with Crippen molar-refractivity contribution in [2.75, 3.05) is 19.1 Å². The molecular formula is C24H20F2N6O2. The van der Waals surface area contributed by atoms with Crippen LogP contribution in [0.25, 0.3) is 33.7 Å². The zero-order valence-corrected chi connectivity index (χ0v) is 18.2. The van der Waals surface area contributed by atoms with Crippen LogP contribution in [0.5, 0.6) is 0 Å². The number of aromatic nitrogens is 4. The van der Waals surface area contributed by atoms with E-state index in [0.717, 1.165) is 6.42 Å². The van der Waals surface area contributed by atoms with Gasteiger partial charge < -0.3 is 10.2 Å². The summed E-state index contributed by atoms with van der Waals surface area (Å²) in [6.07, 6.45) is 2.83. The lowest BCUT2D eigenvalue weighted by Crippen LogP contribution is -2.41. The molecule has 1 aliphatic heterocycles. The molecule has 1 aliphatic rings. The van der Waals surface area contributed by atoms with Crippen molar-refractivity contribution < 1.29 is 18.3 Å². The molecule has 1 N–H and O–H groups in total. The quantitative estimate of drug-likeness (QED) is 0.445. The average Bonchev–Trinajstić information content (AvgIpc) is 3.32. The van der Waals surface area contributed by atoms with E-state index in [1.807, 2.05) is 0 Å². The van der Waals surface area contributed by atoms with Crippen LogP contribution in [0.2, 0.25) is 0 Å². The molecule has 0 saturated carbocycles. The molecule has 34 heavy (non-hydrogen) atoms. The predicted octanol–water partition coefficient (Wildman–Crippen LogP) is 4.00. The second-order valence-electron chi connectivity index (χ2n) is 7.82. The van der Waals surface area contributed by atoms with Gasteiger partial charge in [-0.1, -0.05) is 0 Å². The Bertz CT molecular complexity index is 1350. The van der Waals surface area contributed by atoms with Gasteiger partial charge in [0.1, 0.15) is 24.0 Å². The zero-order valence-electron chi connectivity index (χ0n) is 18.2. The third-order valence-corrected chi connectivity index (χ3v) is 5.68. The van der Waals surface area contributed by atoms with E-state index >= 15 is 0 Å². The van der Waals surface area contributed by atoms with Crippen molar-refractivity contribution in [3.8, 4) is 22.5 Å². The Morgan fingerprint density at radius 3 is 2.21 bits per heavy atom. The maximum atomic E-state index is 13.6. The summed E-state index contributed by atoms with van der Waals surface area (Å²) < 4.78 is 32.0. The van der Waals surface area contributed by atoms with Crippen molar-refractivity contribution >= 4 is 23.0 Å². The van der Waals surface area contributed by atoms with E-state index in [-0.39, 0.29) is 17.6 Å². The van der Waals surface area contributed by atoms with E-state index in [2.05, 4.69) is 15.4 Å². The van der Waals surface area contributed by atoms with E-state index < -0.39 is 6.04 Å². The summed E-state index contributed by atoms with van der Waals surface area (Å²) in [6, 6.07) is 11.3. The lowest BCUT2D eigenvalue weighted by molar-refractivity contribution is -0.145. The molecule has 0 aliphatic carbocycles. The highest BCUT2D eigenvalue weighted by atomic mass is 19.1. The Hall–Kier alpha value is -4.05. The smallest absolute Gasteiger partial charge is 0.324 e. The summed E-state index contributed by atoms with van der Waals surface area (Å²) in [5, 5.41) is 1.76. The van der Waals surface area contributed by atoms with Crippen LogP contribution in [0.4, 0.5) is 14.6 Å². The summed E-state index contributed by atoms with van der Waals surface area (Å²) in [5.74, 6) is -0.711. The van der Waals surface area contributed by atoms with Gasteiger partial charge in [0.25, 0.3) is 0 Å². The molecule has 10 heteroatoms. The minimum absolute atomic E-state index is 0.316. The number of rotatable bonds is 5. The Morgan fingerprint density at radius 2 is 1.59 bits per heavy atom. The number of hydrogen-bond donors (Lipinski definition) is 1. The summed E-state index contributed by atoms with van der Waals surface area (Å²) in [6.45, 7) is 0.622. The average molecular weight is 462 g/mol. The van der Waals surface area contributed by atoms with Gasteiger partial charge in [-0.25, -0.2) is 33.7 Å². The summed E-state index contributed by atoms with van der Waals surface area (Å²) in [7, 11) is 1.36. The molecule has 0 bridgehead atoms. The number of carbonyl (C=O) groups excluding carboxylic acids is 1. The van der Waals surface area contributed by atoms with Crippen LogP contribution in [0.3, 0.4) is 0 Å². The minimum atomic E-state index is -0.446. The van der Waals surface area contributed by atoms with Gasteiger partial charge in [0.2, 0.25) is 0 Å². The highest BCUT2D eigenvalue weighted by Crippen LogP contribution is 2.32. The second kappa shape index (κ2) is 9.06.